The number of halogens is 3. The van der Waals surface area contributed by atoms with Crippen LogP contribution in [0.2, 0.25) is 0 Å². The van der Waals surface area contributed by atoms with Gasteiger partial charge in [-0.05, 0) is 63.8 Å². The number of H-pyrrole nitrogens is 1. The molecule has 240 valence electrons. The van der Waals surface area contributed by atoms with Gasteiger partial charge in [0.2, 0.25) is 5.91 Å². The summed E-state index contributed by atoms with van der Waals surface area (Å²) in [6.45, 7) is 8.25. The first-order chi connectivity index (χ1) is 21.0. The number of hydrogen-bond acceptors (Lipinski definition) is 6. The van der Waals surface area contributed by atoms with Crippen LogP contribution in [0.3, 0.4) is 0 Å². The van der Waals surface area contributed by atoms with Crippen molar-refractivity contribution >= 4 is 35.3 Å². The Labute approximate surface area is 257 Å². The van der Waals surface area contributed by atoms with Gasteiger partial charge in [0, 0.05) is 23.4 Å². The lowest BCUT2D eigenvalue weighted by atomic mass is 10.0. The van der Waals surface area contributed by atoms with Gasteiger partial charge >= 0.3 is 18.2 Å². The van der Waals surface area contributed by atoms with Crippen LogP contribution in [0.15, 0.2) is 67.3 Å². The number of aromatic nitrogens is 2. The molecule has 0 saturated carbocycles. The molecule has 4 amide bonds. The van der Waals surface area contributed by atoms with Crippen molar-refractivity contribution in [3.63, 3.8) is 0 Å². The number of urea groups is 1. The van der Waals surface area contributed by atoms with Gasteiger partial charge in [-0.15, -0.1) is 0 Å². The van der Waals surface area contributed by atoms with Crippen LogP contribution in [-0.2, 0) is 21.7 Å². The largest absolute Gasteiger partial charge is 0.490 e. The predicted octanol–water partition coefficient (Wildman–Crippen LogP) is 4.48. The van der Waals surface area contributed by atoms with Crippen LogP contribution in [0, 0.1) is 0 Å². The average molecular weight is 630 g/mol. The van der Waals surface area contributed by atoms with E-state index in [9.17, 15) is 27.6 Å². The molecule has 45 heavy (non-hydrogen) atoms. The molecule has 5 N–H and O–H groups in total. The highest BCUT2D eigenvalue weighted by atomic mass is 19.4. The van der Waals surface area contributed by atoms with Gasteiger partial charge in [-0.1, -0.05) is 36.9 Å². The SMILES string of the molecule is C=CC(=O)Nc1ccc(C(=O)Nc2n[nH]c3c2CN(C(=O)N[C@H](CN(C)C)c2ccccc2)C3(C)C)cc1.O=C(O)C(F)(F)F. The number of likely N-dealkylation sites (N-methyl/N-ethyl adjacent to an activating group) is 1. The molecule has 2 heterocycles. The maximum atomic E-state index is 13.5. The fraction of sp³-hybridized carbons (Fsp3) is 0.300. The average Bonchev–Trinajstić information content (AvgIpc) is 3.50. The minimum absolute atomic E-state index is 0.190. The highest BCUT2D eigenvalue weighted by Crippen LogP contribution is 2.40. The third-order valence-electron chi connectivity index (χ3n) is 6.84. The van der Waals surface area contributed by atoms with Crippen molar-refractivity contribution in [2.24, 2.45) is 0 Å². The Hall–Kier alpha value is -5.18. The number of anilines is 2. The van der Waals surface area contributed by atoms with Crippen molar-refractivity contribution in [2.75, 3.05) is 31.3 Å². The molecule has 3 aromatic rings. The molecule has 1 atom stereocenters. The smallest absolute Gasteiger partial charge is 0.475 e. The van der Waals surface area contributed by atoms with E-state index in [1.807, 2.05) is 63.2 Å². The summed E-state index contributed by atoms with van der Waals surface area (Å²) < 4.78 is 31.7. The maximum Gasteiger partial charge on any atom is 0.490 e. The fourth-order valence-electron chi connectivity index (χ4n) is 4.53. The molecular formula is C30H34F3N7O5. The highest BCUT2D eigenvalue weighted by molar-refractivity contribution is 6.05. The van der Waals surface area contributed by atoms with E-state index in [2.05, 4.69) is 32.7 Å². The Kier molecular flexibility index (Phi) is 10.7. The number of nitrogens with zero attached hydrogens (tertiary/aromatic N) is 3. The molecule has 0 unspecified atom stereocenters. The lowest BCUT2D eigenvalue weighted by Crippen LogP contribution is -2.48. The number of carboxylic acids is 1. The van der Waals surface area contributed by atoms with Crippen molar-refractivity contribution in [2.45, 2.75) is 38.1 Å². The van der Waals surface area contributed by atoms with E-state index in [0.29, 0.717) is 23.6 Å². The first-order valence-electron chi connectivity index (χ1n) is 13.5. The summed E-state index contributed by atoms with van der Waals surface area (Å²) in [7, 11) is 3.94. The second kappa shape index (κ2) is 14.1. The monoisotopic (exact) mass is 629 g/mol. The second-order valence-electron chi connectivity index (χ2n) is 10.8. The number of rotatable bonds is 8. The van der Waals surface area contributed by atoms with E-state index < -0.39 is 17.7 Å². The van der Waals surface area contributed by atoms with Crippen molar-refractivity contribution in [3.05, 3.63) is 89.6 Å². The van der Waals surface area contributed by atoms with Crippen LogP contribution in [-0.4, -0.2) is 75.7 Å². The first-order valence-corrected chi connectivity index (χ1v) is 13.5. The van der Waals surface area contributed by atoms with E-state index in [-0.39, 0.29) is 30.4 Å². The minimum atomic E-state index is -5.08. The topological polar surface area (TPSA) is 160 Å². The summed E-state index contributed by atoms with van der Waals surface area (Å²) in [5.74, 6) is -3.06. The Balaban J connectivity index is 0.000000707. The third-order valence-corrected chi connectivity index (χ3v) is 6.84. The van der Waals surface area contributed by atoms with Gasteiger partial charge in [0.05, 0.1) is 23.8 Å². The number of hydrogen-bond donors (Lipinski definition) is 5. The van der Waals surface area contributed by atoms with Gasteiger partial charge in [-0.3, -0.25) is 14.7 Å². The number of aliphatic carboxylic acids is 1. The summed E-state index contributed by atoms with van der Waals surface area (Å²) >= 11 is 0. The van der Waals surface area contributed by atoms with Gasteiger partial charge < -0.3 is 30.9 Å². The Morgan fingerprint density at radius 2 is 1.69 bits per heavy atom. The minimum Gasteiger partial charge on any atom is -0.475 e. The molecule has 0 aliphatic carbocycles. The molecule has 0 radical (unpaired) electrons. The van der Waals surface area contributed by atoms with Gasteiger partial charge in [0.25, 0.3) is 5.91 Å². The van der Waals surface area contributed by atoms with Crippen molar-refractivity contribution in [3.8, 4) is 0 Å². The molecule has 2 aromatic carbocycles. The Bertz CT molecular complexity index is 1540. The lowest BCUT2D eigenvalue weighted by molar-refractivity contribution is -0.192. The van der Waals surface area contributed by atoms with Crippen LogP contribution in [0.25, 0.3) is 0 Å². The molecule has 0 spiro atoms. The quantitative estimate of drug-likeness (QED) is 0.230. The number of fused-ring (bicyclic) bond motifs is 1. The third kappa shape index (κ3) is 8.69. The van der Waals surface area contributed by atoms with Gasteiger partial charge in [0.1, 0.15) is 0 Å². The van der Waals surface area contributed by atoms with Crippen LogP contribution in [0.4, 0.5) is 29.5 Å². The van der Waals surface area contributed by atoms with Crippen LogP contribution in [0.5, 0.6) is 0 Å². The molecule has 4 rings (SSSR count). The maximum absolute atomic E-state index is 13.5. The van der Waals surface area contributed by atoms with Crippen molar-refractivity contribution in [1.29, 1.82) is 0 Å². The zero-order valence-electron chi connectivity index (χ0n) is 25.0. The Morgan fingerprint density at radius 1 is 1.09 bits per heavy atom. The second-order valence-corrected chi connectivity index (χ2v) is 10.8. The highest BCUT2D eigenvalue weighted by Gasteiger charge is 2.44. The molecular weight excluding hydrogens is 595 g/mol. The number of carbonyl (C=O) groups excluding carboxylic acids is 3. The number of alkyl halides is 3. The predicted molar refractivity (Wildman–Crippen MR) is 160 cm³/mol. The number of nitrogens with one attached hydrogen (secondary N) is 4. The number of aromatic amines is 1. The van der Waals surface area contributed by atoms with Gasteiger partial charge in [-0.2, -0.15) is 18.3 Å². The Morgan fingerprint density at radius 3 is 2.22 bits per heavy atom. The first kappa shape index (κ1) is 34.3. The molecule has 1 aromatic heterocycles. The molecule has 0 fully saturated rings. The number of carboxylic acid groups (broad SMARTS) is 1. The van der Waals surface area contributed by atoms with Crippen molar-refractivity contribution in [1.82, 2.24) is 25.3 Å². The molecule has 1 aliphatic rings. The number of benzene rings is 2. The van der Waals surface area contributed by atoms with Gasteiger partial charge in [-0.25, -0.2) is 9.59 Å². The van der Waals surface area contributed by atoms with E-state index in [0.717, 1.165) is 16.8 Å². The van der Waals surface area contributed by atoms with Crippen LogP contribution >= 0.6 is 0 Å². The normalized spacial score (nSPS) is 14.0. The number of carbonyl (C=O) groups is 4. The standard InChI is InChI=1S/C28H33N7O3.C2HF3O2/c1-6-23(36)29-20-14-12-19(13-15-20)26(37)31-25-21-16-35(28(2,3)24(21)32-33-25)27(38)30-22(17-34(4)5)18-10-8-7-9-11-18;3-2(4,5)1(6)7/h6-15,22H,1,16-17H2,2-5H3,(H,29,36)(H,30,38)(H2,31,32,33,37);(H,6,7)/t22-;/m1./s1. The molecule has 0 saturated heterocycles. The number of amides is 4. The van der Waals surface area contributed by atoms with Crippen molar-refractivity contribution < 1.29 is 37.5 Å². The van der Waals surface area contributed by atoms with Crippen LogP contribution < -0.4 is 16.0 Å². The zero-order chi connectivity index (χ0) is 33.5. The van der Waals surface area contributed by atoms with E-state index in [1.54, 1.807) is 29.2 Å². The van der Waals surface area contributed by atoms with E-state index >= 15 is 0 Å². The van der Waals surface area contributed by atoms with Crippen LogP contribution in [0.1, 0.15) is 47.1 Å². The zero-order valence-corrected chi connectivity index (χ0v) is 25.0. The summed E-state index contributed by atoms with van der Waals surface area (Å²) in [6.07, 6.45) is -3.91. The fourth-order valence-corrected chi connectivity index (χ4v) is 4.53. The molecule has 15 heteroatoms. The lowest BCUT2D eigenvalue weighted by Gasteiger charge is -2.34. The summed E-state index contributed by atoms with van der Waals surface area (Å²) in [5, 5.41) is 23.1. The van der Waals surface area contributed by atoms with E-state index in [1.165, 1.54) is 6.08 Å². The summed E-state index contributed by atoms with van der Waals surface area (Å²) in [5.41, 5.74) is 2.85. The van der Waals surface area contributed by atoms with Gasteiger partial charge in [0.15, 0.2) is 5.82 Å². The summed E-state index contributed by atoms with van der Waals surface area (Å²) in [4.78, 5) is 50.6. The summed E-state index contributed by atoms with van der Waals surface area (Å²) in [6, 6.07) is 16.0. The molecule has 12 nitrogen and oxygen atoms in total. The molecule has 0 bridgehead atoms. The van der Waals surface area contributed by atoms with E-state index in [4.69, 9.17) is 9.90 Å². The molecule has 1 aliphatic heterocycles.